The summed E-state index contributed by atoms with van der Waals surface area (Å²) in [5.41, 5.74) is 2.14. The summed E-state index contributed by atoms with van der Waals surface area (Å²) in [5.74, 6) is 1.65. The number of aromatic nitrogens is 2. The molecule has 5 heteroatoms. The average molecular weight is 324 g/mol. The zero-order chi connectivity index (χ0) is 15.4. The fraction of sp³-hybridized carbons (Fsp3) is 0.375. The maximum absolute atomic E-state index is 6.02. The minimum absolute atomic E-state index is 0.371. The van der Waals surface area contributed by atoms with Crippen LogP contribution in [0.2, 0.25) is 10.2 Å². The highest BCUT2D eigenvalue weighted by molar-refractivity contribution is 6.30. The van der Waals surface area contributed by atoms with Gasteiger partial charge in [-0.25, -0.2) is 9.97 Å². The van der Waals surface area contributed by atoms with Crippen LogP contribution in [0.5, 0.6) is 0 Å². The SMILES string of the molecule is Cc1c(Cl)ncnc1NCC(c1ccc(Cl)cc1)C(C)C. The van der Waals surface area contributed by atoms with Gasteiger partial charge in [0, 0.05) is 23.0 Å². The second kappa shape index (κ2) is 7.10. The smallest absolute Gasteiger partial charge is 0.137 e. The van der Waals surface area contributed by atoms with E-state index in [9.17, 15) is 0 Å². The minimum atomic E-state index is 0.371. The van der Waals surface area contributed by atoms with Crippen molar-refractivity contribution in [2.24, 2.45) is 5.92 Å². The van der Waals surface area contributed by atoms with Gasteiger partial charge in [-0.15, -0.1) is 0 Å². The Morgan fingerprint density at radius 2 is 1.76 bits per heavy atom. The second-order valence-corrected chi connectivity index (χ2v) is 6.22. The molecular weight excluding hydrogens is 305 g/mol. The standard InChI is InChI=1S/C16H19Cl2N3/c1-10(2)14(12-4-6-13(17)7-5-12)8-19-16-11(3)15(18)20-9-21-16/h4-7,9-10,14H,8H2,1-3H3,(H,19,20,21). The molecule has 1 N–H and O–H groups in total. The van der Waals surface area contributed by atoms with Crippen LogP contribution in [0.4, 0.5) is 5.82 Å². The Labute approximate surface area is 135 Å². The van der Waals surface area contributed by atoms with Gasteiger partial charge in [0.05, 0.1) is 0 Å². The first kappa shape index (κ1) is 16.1. The summed E-state index contributed by atoms with van der Waals surface area (Å²) in [7, 11) is 0. The molecule has 0 aliphatic rings. The zero-order valence-corrected chi connectivity index (χ0v) is 13.9. The van der Waals surface area contributed by atoms with Gasteiger partial charge in [0.15, 0.2) is 0 Å². The molecule has 0 spiro atoms. The van der Waals surface area contributed by atoms with Crippen LogP contribution in [-0.4, -0.2) is 16.5 Å². The Morgan fingerprint density at radius 3 is 2.38 bits per heavy atom. The van der Waals surface area contributed by atoms with E-state index < -0.39 is 0 Å². The van der Waals surface area contributed by atoms with E-state index in [0.29, 0.717) is 17.0 Å². The Morgan fingerprint density at radius 1 is 1.10 bits per heavy atom. The summed E-state index contributed by atoms with van der Waals surface area (Å²) < 4.78 is 0. The molecule has 0 aliphatic carbocycles. The van der Waals surface area contributed by atoms with Crippen LogP contribution in [0.25, 0.3) is 0 Å². The van der Waals surface area contributed by atoms with Crippen molar-refractivity contribution < 1.29 is 0 Å². The summed E-state index contributed by atoms with van der Waals surface area (Å²) in [6, 6.07) is 8.02. The van der Waals surface area contributed by atoms with Gasteiger partial charge in [-0.2, -0.15) is 0 Å². The zero-order valence-electron chi connectivity index (χ0n) is 12.4. The molecule has 1 heterocycles. The number of halogens is 2. The predicted molar refractivity (Wildman–Crippen MR) is 89.3 cm³/mol. The monoisotopic (exact) mass is 323 g/mol. The first-order valence-corrected chi connectivity index (χ1v) is 7.71. The van der Waals surface area contributed by atoms with Gasteiger partial charge in [-0.1, -0.05) is 49.2 Å². The van der Waals surface area contributed by atoms with Crippen molar-refractivity contribution in [3.63, 3.8) is 0 Å². The summed E-state index contributed by atoms with van der Waals surface area (Å²) in [6.07, 6.45) is 1.48. The van der Waals surface area contributed by atoms with Gasteiger partial charge < -0.3 is 5.32 Å². The molecule has 0 radical (unpaired) electrons. The number of hydrogen-bond acceptors (Lipinski definition) is 3. The first-order valence-electron chi connectivity index (χ1n) is 6.95. The average Bonchev–Trinajstić information content (AvgIpc) is 2.45. The van der Waals surface area contributed by atoms with Crippen molar-refractivity contribution in [3.05, 3.63) is 51.9 Å². The molecule has 0 saturated heterocycles. The molecule has 0 aliphatic heterocycles. The highest BCUT2D eigenvalue weighted by Gasteiger charge is 2.16. The predicted octanol–water partition coefficient (Wildman–Crippen LogP) is 4.94. The molecule has 1 aromatic heterocycles. The molecule has 2 aromatic rings. The van der Waals surface area contributed by atoms with E-state index in [2.05, 4.69) is 41.3 Å². The van der Waals surface area contributed by atoms with Crippen LogP contribution >= 0.6 is 23.2 Å². The second-order valence-electron chi connectivity index (χ2n) is 5.42. The van der Waals surface area contributed by atoms with Crippen molar-refractivity contribution in [1.82, 2.24) is 9.97 Å². The van der Waals surface area contributed by atoms with Crippen molar-refractivity contribution in [1.29, 1.82) is 0 Å². The summed E-state index contributed by atoms with van der Waals surface area (Å²) in [4.78, 5) is 8.22. The van der Waals surface area contributed by atoms with Gasteiger partial charge in [0.1, 0.15) is 17.3 Å². The van der Waals surface area contributed by atoms with Crippen LogP contribution in [0.15, 0.2) is 30.6 Å². The molecule has 0 bridgehead atoms. The van der Waals surface area contributed by atoms with Crippen molar-refractivity contribution in [3.8, 4) is 0 Å². The van der Waals surface area contributed by atoms with E-state index in [4.69, 9.17) is 23.2 Å². The molecule has 1 unspecified atom stereocenters. The molecule has 112 valence electrons. The molecule has 3 nitrogen and oxygen atoms in total. The van der Waals surface area contributed by atoms with Crippen LogP contribution in [0.1, 0.15) is 30.9 Å². The highest BCUT2D eigenvalue weighted by atomic mass is 35.5. The molecular formula is C16H19Cl2N3. The minimum Gasteiger partial charge on any atom is -0.369 e. The highest BCUT2D eigenvalue weighted by Crippen LogP contribution is 2.27. The molecule has 0 saturated carbocycles. The lowest BCUT2D eigenvalue weighted by atomic mass is 9.88. The Balaban J connectivity index is 2.14. The van der Waals surface area contributed by atoms with Crippen molar-refractivity contribution in [2.45, 2.75) is 26.7 Å². The fourth-order valence-electron chi connectivity index (χ4n) is 2.26. The maximum Gasteiger partial charge on any atom is 0.137 e. The van der Waals surface area contributed by atoms with Crippen molar-refractivity contribution >= 4 is 29.0 Å². The topological polar surface area (TPSA) is 37.8 Å². The number of hydrogen-bond donors (Lipinski definition) is 1. The van der Waals surface area contributed by atoms with Crippen molar-refractivity contribution in [2.75, 3.05) is 11.9 Å². The van der Waals surface area contributed by atoms with Crippen LogP contribution in [-0.2, 0) is 0 Å². The molecule has 1 atom stereocenters. The summed E-state index contributed by atoms with van der Waals surface area (Å²) >= 11 is 12.0. The number of anilines is 1. The van der Waals surface area contributed by atoms with E-state index in [1.165, 1.54) is 11.9 Å². The Hall–Kier alpha value is -1.32. The van der Waals surface area contributed by atoms with Gasteiger partial charge in [0.2, 0.25) is 0 Å². The number of nitrogens with one attached hydrogen (secondary N) is 1. The van der Waals surface area contributed by atoms with E-state index in [-0.39, 0.29) is 0 Å². The van der Waals surface area contributed by atoms with Gasteiger partial charge in [0.25, 0.3) is 0 Å². The summed E-state index contributed by atoms with van der Waals surface area (Å²) in [5, 5.41) is 4.62. The molecule has 1 aromatic carbocycles. The van der Waals surface area contributed by atoms with E-state index in [0.717, 1.165) is 22.9 Å². The lowest BCUT2D eigenvalue weighted by Crippen LogP contribution is -2.19. The molecule has 0 amide bonds. The molecule has 2 rings (SSSR count). The van der Waals surface area contributed by atoms with Crippen LogP contribution < -0.4 is 5.32 Å². The third kappa shape index (κ3) is 4.08. The molecule has 21 heavy (non-hydrogen) atoms. The lowest BCUT2D eigenvalue weighted by molar-refractivity contribution is 0.516. The number of nitrogens with zero attached hydrogens (tertiary/aromatic N) is 2. The van der Waals surface area contributed by atoms with Gasteiger partial charge >= 0.3 is 0 Å². The largest absolute Gasteiger partial charge is 0.369 e. The third-order valence-electron chi connectivity index (χ3n) is 3.61. The Kier molecular flexibility index (Phi) is 5.43. The third-order valence-corrected chi connectivity index (χ3v) is 4.25. The normalized spacial score (nSPS) is 12.5. The fourth-order valence-corrected chi connectivity index (χ4v) is 2.52. The number of benzene rings is 1. The lowest BCUT2D eigenvalue weighted by Gasteiger charge is -2.22. The first-order chi connectivity index (χ1) is 9.99. The van der Waals surface area contributed by atoms with Crippen LogP contribution in [0, 0.1) is 12.8 Å². The quantitative estimate of drug-likeness (QED) is 0.791. The van der Waals surface area contributed by atoms with Gasteiger partial charge in [-0.3, -0.25) is 0 Å². The van der Waals surface area contributed by atoms with E-state index in [1.807, 2.05) is 19.1 Å². The molecule has 0 fully saturated rings. The Bertz CT molecular complexity index is 597. The van der Waals surface area contributed by atoms with Crippen LogP contribution in [0.3, 0.4) is 0 Å². The van der Waals surface area contributed by atoms with E-state index >= 15 is 0 Å². The maximum atomic E-state index is 6.02. The summed E-state index contributed by atoms with van der Waals surface area (Å²) in [6.45, 7) is 7.12. The number of rotatable bonds is 5. The van der Waals surface area contributed by atoms with E-state index in [1.54, 1.807) is 0 Å². The van der Waals surface area contributed by atoms with Gasteiger partial charge in [-0.05, 0) is 30.5 Å².